The van der Waals surface area contributed by atoms with Gasteiger partial charge >= 0.3 is 5.97 Å². The number of ether oxygens (including phenoxy) is 2. The van der Waals surface area contributed by atoms with Gasteiger partial charge in [0.05, 0.1) is 32.2 Å². The molecule has 0 radical (unpaired) electrons. The second-order valence-corrected chi connectivity index (χ2v) is 10.9. The number of pyridine rings is 1. The van der Waals surface area contributed by atoms with Crippen LogP contribution in [0.4, 0.5) is 0 Å². The van der Waals surface area contributed by atoms with Crippen molar-refractivity contribution in [3.8, 4) is 22.6 Å². The van der Waals surface area contributed by atoms with Gasteiger partial charge in [-0.3, -0.25) is 14.4 Å². The van der Waals surface area contributed by atoms with Crippen LogP contribution in [0.5, 0.6) is 11.5 Å². The first kappa shape index (κ1) is 32.1. The fourth-order valence-corrected chi connectivity index (χ4v) is 5.50. The van der Waals surface area contributed by atoms with E-state index in [1.165, 1.54) is 4.57 Å². The summed E-state index contributed by atoms with van der Waals surface area (Å²) in [5.41, 5.74) is 4.49. The van der Waals surface area contributed by atoms with Crippen molar-refractivity contribution in [2.24, 2.45) is 0 Å². The molecule has 2 atom stereocenters. The van der Waals surface area contributed by atoms with Crippen LogP contribution in [0.25, 0.3) is 11.1 Å². The monoisotopic (exact) mass is 596 g/mol. The molecule has 0 saturated heterocycles. The van der Waals surface area contributed by atoms with E-state index in [0.29, 0.717) is 35.5 Å². The Hall–Kier alpha value is -4.85. The zero-order valence-electron chi connectivity index (χ0n) is 25.7. The highest BCUT2D eigenvalue weighted by Gasteiger charge is 2.27. The van der Waals surface area contributed by atoms with Gasteiger partial charge in [0.2, 0.25) is 5.91 Å². The molecule has 8 heteroatoms. The van der Waals surface area contributed by atoms with Gasteiger partial charge in [-0.15, -0.1) is 0 Å². The predicted molar refractivity (Wildman–Crippen MR) is 171 cm³/mol. The lowest BCUT2D eigenvalue weighted by Gasteiger charge is -2.25. The minimum absolute atomic E-state index is 0.222. The lowest BCUT2D eigenvalue weighted by Crippen LogP contribution is -2.40. The van der Waals surface area contributed by atoms with E-state index in [2.05, 4.69) is 5.32 Å². The Kier molecular flexibility index (Phi) is 11.0. The number of carboxylic acid groups (broad SMARTS) is 1. The summed E-state index contributed by atoms with van der Waals surface area (Å²) in [6, 6.07) is 22.8. The van der Waals surface area contributed by atoms with Crippen LogP contribution in [-0.4, -0.2) is 35.8 Å². The molecule has 0 saturated carbocycles. The number of unbranched alkanes of at least 4 members (excludes halogenated alkanes) is 1. The summed E-state index contributed by atoms with van der Waals surface area (Å²) in [4.78, 5) is 39.5. The van der Waals surface area contributed by atoms with Crippen molar-refractivity contribution in [3.05, 3.63) is 118 Å². The minimum atomic E-state index is -1.05. The lowest BCUT2D eigenvalue weighted by molar-refractivity contribution is -0.138. The van der Waals surface area contributed by atoms with E-state index in [-0.39, 0.29) is 12.0 Å². The number of hydrogen-bond acceptors (Lipinski definition) is 5. The van der Waals surface area contributed by atoms with E-state index in [1.54, 1.807) is 32.5 Å². The number of hydrogen-bond donors (Lipinski definition) is 2. The molecule has 0 unspecified atom stereocenters. The lowest BCUT2D eigenvalue weighted by atomic mass is 9.97. The Morgan fingerprint density at radius 2 is 1.59 bits per heavy atom. The molecule has 0 fully saturated rings. The predicted octanol–water partition coefficient (Wildman–Crippen LogP) is 6.50. The van der Waals surface area contributed by atoms with Crippen LogP contribution >= 0.6 is 0 Å². The number of carbonyl (C=O) groups is 2. The molecule has 0 aliphatic heterocycles. The first-order valence-electron chi connectivity index (χ1n) is 14.8. The van der Waals surface area contributed by atoms with Gasteiger partial charge in [0, 0.05) is 18.2 Å². The van der Waals surface area contributed by atoms with Crippen LogP contribution in [0.1, 0.15) is 66.9 Å². The molecule has 0 aliphatic rings. The normalized spacial score (nSPS) is 12.3. The molecule has 4 rings (SSSR count). The average Bonchev–Trinajstić information content (AvgIpc) is 3.02. The van der Waals surface area contributed by atoms with E-state index in [9.17, 15) is 19.5 Å². The molecule has 1 aromatic heterocycles. The Morgan fingerprint density at radius 3 is 2.18 bits per heavy atom. The standard InChI is InChI=1S/C36H40N2O6/c1-5-6-13-30(38-23-24(2)20-28(36(38)42)21-25-11-8-7-9-12-25)35(41)37-29(22-33(39)40)26-16-18-27(19-17-26)34-31(43-3)14-10-15-32(34)44-4/h7-12,14-20,23,29-30H,5-6,13,21-22H2,1-4H3,(H,37,41)(H,39,40)/t29-,30+/m0/s1. The number of carbonyl (C=O) groups excluding carboxylic acids is 1. The van der Waals surface area contributed by atoms with E-state index < -0.39 is 24.0 Å². The van der Waals surface area contributed by atoms with Gasteiger partial charge in [-0.2, -0.15) is 0 Å². The molecular formula is C36H40N2O6. The first-order chi connectivity index (χ1) is 21.2. The van der Waals surface area contributed by atoms with Crippen molar-refractivity contribution >= 4 is 11.9 Å². The number of amides is 1. The quantitative estimate of drug-likeness (QED) is 0.172. The summed E-state index contributed by atoms with van der Waals surface area (Å²) < 4.78 is 12.6. The molecule has 0 aliphatic carbocycles. The number of benzene rings is 3. The van der Waals surface area contributed by atoms with Crippen LogP contribution in [0.15, 0.2) is 89.9 Å². The second kappa shape index (κ2) is 15.0. The van der Waals surface area contributed by atoms with Gasteiger partial charge in [-0.05, 0) is 53.8 Å². The van der Waals surface area contributed by atoms with Crippen LogP contribution in [-0.2, 0) is 16.0 Å². The van der Waals surface area contributed by atoms with Gasteiger partial charge in [0.25, 0.3) is 5.56 Å². The summed E-state index contributed by atoms with van der Waals surface area (Å²) in [6.45, 7) is 3.94. The number of aliphatic carboxylic acids is 1. The van der Waals surface area contributed by atoms with Crippen molar-refractivity contribution < 1.29 is 24.2 Å². The van der Waals surface area contributed by atoms with Gasteiger partial charge in [0.1, 0.15) is 17.5 Å². The molecule has 0 bridgehead atoms. The second-order valence-electron chi connectivity index (χ2n) is 10.9. The Balaban J connectivity index is 1.66. The Bertz CT molecular complexity index is 1610. The maximum Gasteiger partial charge on any atom is 0.305 e. The summed E-state index contributed by atoms with van der Waals surface area (Å²) >= 11 is 0. The molecule has 230 valence electrons. The topological polar surface area (TPSA) is 107 Å². The highest BCUT2D eigenvalue weighted by Crippen LogP contribution is 2.38. The van der Waals surface area contributed by atoms with Crippen LogP contribution in [0.3, 0.4) is 0 Å². The van der Waals surface area contributed by atoms with Crippen molar-refractivity contribution in [1.29, 1.82) is 0 Å². The van der Waals surface area contributed by atoms with Crippen molar-refractivity contribution in [3.63, 3.8) is 0 Å². The fraction of sp³-hybridized carbons (Fsp3) is 0.306. The molecule has 1 amide bonds. The molecule has 2 N–H and O–H groups in total. The zero-order valence-corrected chi connectivity index (χ0v) is 25.7. The van der Waals surface area contributed by atoms with Crippen LogP contribution in [0.2, 0.25) is 0 Å². The fourth-order valence-electron chi connectivity index (χ4n) is 5.50. The highest BCUT2D eigenvalue weighted by molar-refractivity contribution is 5.82. The van der Waals surface area contributed by atoms with Crippen molar-refractivity contribution in [2.75, 3.05) is 14.2 Å². The van der Waals surface area contributed by atoms with Gasteiger partial charge in [-0.25, -0.2) is 0 Å². The summed E-state index contributed by atoms with van der Waals surface area (Å²) in [5, 5.41) is 12.7. The van der Waals surface area contributed by atoms with Crippen LogP contribution in [0, 0.1) is 6.92 Å². The third kappa shape index (κ3) is 7.75. The van der Waals surface area contributed by atoms with Crippen molar-refractivity contribution in [2.45, 2.75) is 58.0 Å². The number of carboxylic acids is 1. The smallest absolute Gasteiger partial charge is 0.305 e. The Morgan fingerprint density at radius 1 is 0.932 bits per heavy atom. The molecule has 3 aromatic carbocycles. The minimum Gasteiger partial charge on any atom is -0.496 e. The van der Waals surface area contributed by atoms with E-state index in [4.69, 9.17) is 9.47 Å². The molecule has 0 spiro atoms. The molecule has 8 nitrogen and oxygen atoms in total. The van der Waals surface area contributed by atoms with E-state index >= 15 is 0 Å². The molecular weight excluding hydrogens is 556 g/mol. The first-order valence-corrected chi connectivity index (χ1v) is 14.8. The van der Waals surface area contributed by atoms with Gasteiger partial charge in [-0.1, -0.05) is 80.4 Å². The maximum atomic E-state index is 13.9. The number of methoxy groups -OCH3 is 2. The van der Waals surface area contributed by atoms with Gasteiger partial charge in [0.15, 0.2) is 0 Å². The van der Waals surface area contributed by atoms with Crippen LogP contribution < -0.4 is 20.3 Å². The third-order valence-electron chi connectivity index (χ3n) is 7.69. The largest absolute Gasteiger partial charge is 0.496 e. The Labute approximate surface area is 258 Å². The number of nitrogens with one attached hydrogen (secondary N) is 1. The number of aryl methyl sites for hydroxylation is 1. The summed E-state index contributed by atoms with van der Waals surface area (Å²) in [5.74, 6) is -0.157. The molecule has 44 heavy (non-hydrogen) atoms. The van der Waals surface area contributed by atoms with Crippen molar-refractivity contribution in [1.82, 2.24) is 9.88 Å². The van der Waals surface area contributed by atoms with Gasteiger partial charge < -0.3 is 24.5 Å². The average molecular weight is 597 g/mol. The van der Waals surface area contributed by atoms with E-state index in [1.807, 2.05) is 80.6 Å². The number of rotatable bonds is 14. The maximum absolute atomic E-state index is 13.9. The summed E-state index contributed by atoms with van der Waals surface area (Å²) in [7, 11) is 3.18. The highest BCUT2D eigenvalue weighted by atomic mass is 16.5. The SMILES string of the molecule is CCCC[C@H](C(=O)N[C@@H](CC(=O)O)c1ccc(-c2c(OC)cccc2OC)cc1)n1cc(C)cc(Cc2ccccc2)c1=O. The van der Waals surface area contributed by atoms with E-state index in [0.717, 1.165) is 35.1 Å². The summed E-state index contributed by atoms with van der Waals surface area (Å²) in [6.07, 6.45) is 3.88. The number of nitrogens with zero attached hydrogens (tertiary/aromatic N) is 1. The third-order valence-corrected chi connectivity index (χ3v) is 7.69. The molecule has 1 heterocycles. The molecule has 4 aromatic rings. The zero-order chi connectivity index (χ0) is 31.6. The number of aromatic nitrogens is 1.